The lowest BCUT2D eigenvalue weighted by molar-refractivity contribution is 0.0958. The van der Waals surface area contributed by atoms with Crippen LogP contribution in [0, 0.1) is 20.8 Å². The smallest absolute Gasteiger partial charge is 0.262 e. The molecule has 0 aliphatic heterocycles. The molecule has 0 aliphatic rings. The zero-order valence-electron chi connectivity index (χ0n) is 14.6. The number of anilines is 1. The van der Waals surface area contributed by atoms with E-state index in [0.29, 0.717) is 17.8 Å². The molecule has 0 bridgehead atoms. The Kier molecular flexibility index (Phi) is 5.64. The Balaban J connectivity index is 2.37. The minimum atomic E-state index is -3.80. The van der Waals surface area contributed by atoms with Gasteiger partial charge in [0.15, 0.2) is 0 Å². The van der Waals surface area contributed by atoms with Gasteiger partial charge in [0, 0.05) is 17.8 Å². The molecule has 0 saturated heterocycles. The number of aryl methyl sites for hydroxylation is 3. The first-order valence-corrected chi connectivity index (χ1v) is 9.32. The normalized spacial score (nSPS) is 11.0. The Bertz CT molecular complexity index is 898. The van der Waals surface area contributed by atoms with Gasteiger partial charge in [-0.3, -0.25) is 9.52 Å². The van der Waals surface area contributed by atoms with Gasteiger partial charge in [-0.2, -0.15) is 0 Å². The predicted octanol–water partition coefficient (Wildman–Crippen LogP) is 3.33. The fraction of sp³-hybridized carbons (Fsp3) is 0.211. The Morgan fingerprint density at radius 3 is 2.32 bits per heavy atom. The number of rotatable bonds is 6. The van der Waals surface area contributed by atoms with Gasteiger partial charge in [-0.15, -0.1) is 6.58 Å². The van der Waals surface area contributed by atoms with Crippen molar-refractivity contribution in [1.82, 2.24) is 5.32 Å². The van der Waals surface area contributed by atoms with Crippen LogP contribution in [0.1, 0.15) is 27.0 Å². The van der Waals surface area contributed by atoms with Gasteiger partial charge in [0.1, 0.15) is 0 Å². The van der Waals surface area contributed by atoms with Gasteiger partial charge in [-0.25, -0.2) is 8.42 Å². The first-order valence-electron chi connectivity index (χ1n) is 7.84. The number of carbonyl (C=O) groups is 1. The Morgan fingerprint density at radius 1 is 1.08 bits per heavy atom. The molecule has 0 saturated carbocycles. The molecule has 0 atom stereocenters. The van der Waals surface area contributed by atoms with Crippen molar-refractivity contribution in [1.29, 1.82) is 0 Å². The van der Waals surface area contributed by atoms with Crippen LogP contribution >= 0.6 is 0 Å². The summed E-state index contributed by atoms with van der Waals surface area (Å²) < 4.78 is 28.1. The average Bonchev–Trinajstić information content (AvgIpc) is 2.51. The van der Waals surface area contributed by atoms with E-state index in [-0.39, 0.29) is 16.4 Å². The number of hydrogen-bond donors (Lipinski definition) is 2. The molecule has 2 N–H and O–H groups in total. The minimum Gasteiger partial charge on any atom is -0.349 e. The molecule has 2 rings (SSSR count). The summed E-state index contributed by atoms with van der Waals surface area (Å²) >= 11 is 0. The van der Waals surface area contributed by atoms with Crippen molar-refractivity contribution in [2.24, 2.45) is 0 Å². The Labute approximate surface area is 148 Å². The van der Waals surface area contributed by atoms with E-state index in [1.165, 1.54) is 6.07 Å². The SMILES string of the molecule is C=CCNC(=O)c1ccc(C)c(S(=O)(=O)Nc2cc(C)cc(C)c2)c1. The number of hydrogen-bond acceptors (Lipinski definition) is 3. The summed E-state index contributed by atoms with van der Waals surface area (Å²) in [6.45, 7) is 9.36. The standard InChI is InChI=1S/C19H22N2O3S/c1-5-8-20-19(22)16-7-6-15(4)18(12-16)25(23,24)21-17-10-13(2)9-14(3)11-17/h5-7,9-12,21H,1,8H2,2-4H3,(H,20,22). The third kappa shape index (κ3) is 4.70. The lowest BCUT2D eigenvalue weighted by atomic mass is 10.1. The van der Waals surface area contributed by atoms with Crippen LogP contribution < -0.4 is 10.0 Å². The second kappa shape index (κ2) is 7.53. The molecule has 0 fully saturated rings. The molecular formula is C19H22N2O3S. The molecule has 6 heteroatoms. The van der Waals surface area contributed by atoms with E-state index in [2.05, 4.69) is 16.6 Å². The van der Waals surface area contributed by atoms with Crippen LogP contribution in [0.5, 0.6) is 0 Å². The molecule has 0 unspecified atom stereocenters. The predicted molar refractivity (Wildman–Crippen MR) is 100 cm³/mol. The summed E-state index contributed by atoms with van der Waals surface area (Å²) in [5.74, 6) is -0.345. The molecule has 0 aromatic heterocycles. The summed E-state index contributed by atoms with van der Waals surface area (Å²) in [7, 11) is -3.80. The quantitative estimate of drug-likeness (QED) is 0.778. The highest BCUT2D eigenvalue weighted by atomic mass is 32.2. The zero-order chi connectivity index (χ0) is 18.6. The Morgan fingerprint density at radius 2 is 1.72 bits per heavy atom. The fourth-order valence-electron chi connectivity index (χ4n) is 2.54. The van der Waals surface area contributed by atoms with Gasteiger partial charge in [0.05, 0.1) is 4.90 Å². The topological polar surface area (TPSA) is 75.3 Å². The summed E-state index contributed by atoms with van der Waals surface area (Å²) in [6.07, 6.45) is 1.56. The highest BCUT2D eigenvalue weighted by Crippen LogP contribution is 2.22. The van der Waals surface area contributed by atoms with Crippen LogP contribution in [0.3, 0.4) is 0 Å². The van der Waals surface area contributed by atoms with Crippen molar-refractivity contribution in [3.63, 3.8) is 0 Å². The summed E-state index contributed by atoms with van der Waals surface area (Å²) in [5.41, 5.74) is 3.28. The second-order valence-corrected chi connectivity index (χ2v) is 7.61. The lowest BCUT2D eigenvalue weighted by Gasteiger charge is -2.13. The van der Waals surface area contributed by atoms with Crippen LogP contribution in [0.25, 0.3) is 0 Å². The molecule has 1 amide bonds. The van der Waals surface area contributed by atoms with Crippen LogP contribution in [-0.2, 0) is 10.0 Å². The maximum absolute atomic E-state index is 12.8. The van der Waals surface area contributed by atoms with Crippen molar-refractivity contribution in [2.75, 3.05) is 11.3 Å². The van der Waals surface area contributed by atoms with Gasteiger partial charge < -0.3 is 5.32 Å². The lowest BCUT2D eigenvalue weighted by Crippen LogP contribution is -2.24. The number of sulfonamides is 1. The Hall–Kier alpha value is -2.60. The van der Waals surface area contributed by atoms with Crippen LogP contribution in [-0.4, -0.2) is 20.9 Å². The number of benzene rings is 2. The highest BCUT2D eigenvalue weighted by Gasteiger charge is 2.19. The molecule has 5 nitrogen and oxygen atoms in total. The minimum absolute atomic E-state index is 0.0814. The number of nitrogens with one attached hydrogen (secondary N) is 2. The van der Waals surface area contributed by atoms with E-state index in [1.807, 2.05) is 19.9 Å². The first-order chi connectivity index (χ1) is 11.7. The van der Waals surface area contributed by atoms with Gasteiger partial charge in [0.25, 0.3) is 15.9 Å². The molecule has 2 aromatic rings. The zero-order valence-corrected chi connectivity index (χ0v) is 15.4. The number of carbonyl (C=O) groups excluding carboxylic acids is 1. The molecule has 0 aliphatic carbocycles. The molecule has 0 spiro atoms. The summed E-state index contributed by atoms with van der Waals surface area (Å²) in [5, 5.41) is 2.64. The van der Waals surface area contributed by atoms with Gasteiger partial charge in [-0.1, -0.05) is 18.2 Å². The van der Waals surface area contributed by atoms with E-state index in [4.69, 9.17) is 0 Å². The first kappa shape index (κ1) is 18.7. The van der Waals surface area contributed by atoms with Crippen molar-refractivity contribution >= 4 is 21.6 Å². The molecule has 0 heterocycles. The van der Waals surface area contributed by atoms with Crippen LogP contribution in [0.4, 0.5) is 5.69 Å². The van der Waals surface area contributed by atoms with Crippen LogP contribution in [0.2, 0.25) is 0 Å². The monoisotopic (exact) mass is 358 g/mol. The van der Waals surface area contributed by atoms with Crippen molar-refractivity contribution in [3.8, 4) is 0 Å². The number of amides is 1. The van der Waals surface area contributed by atoms with E-state index < -0.39 is 10.0 Å². The summed E-state index contributed by atoms with van der Waals surface area (Å²) in [4.78, 5) is 12.1. The highest BCUT2D eigenvalue weighted by molar-refractivity contribution is 7.92. The van der Waals surface area contributed by atoms with Crippen molar-refractivity contribution in [2.45, 2.75) is 25.7 Å². The van der Waals surface area contributed by atoms with Crippen LogP contribution in [0.15, 0.2) is 53.9 Å². The average molecular weight is 358 g/mol. The van der Waals surface area contributed by atoms with E-state index >= 15 is 0 Å². The maximum Gasteiger partial charge on any atom is 0.262 e. The molecule has 0 radical (unpaired) electrons. The van der Waals surface area contributed by atoms with Gasteiger partial charge in [-0.05, 0) is 61.7 Å². The third-order valence-electron chi connectivity index (χ3n) is 3.62. The fourth-order valence-corrected chi connectivity index (χ4v) is 3.85. The largest absolute Gasteiger partial charge is 0.349 e. The molecule has 132 valence electrons. The maximum atomic E-state index is 12.8. The van der Waals surface area contributed by atoms with Crippen molar-refractivity contribution in [3.05, 3.63) is 71.3 Å². The summed E-state index contributed by atoms with van der Waals surface area (Å²) in [6, 6.07) is 10.1. The molecule has 2 aromatic carbocycles. The van der Waals surface area contributed by atoms with E-state index in [1.54, 1.807) is 37.3 Å². The van der Waals surface area contributed by atoms with Gasteiger partial charge >= 0.3 is 0 Å². The van der Waals surface area contributed by atoms with E-state index in [0.717, 1.165) is 11.1 Å². The van der Waals surface area contributed by atoms with E-state index in [9.17, 15) is 13.2 Å². The third-order valence-corrected chi connectivity index (χ3v) is 5.14. The molecular weight excluding hydrogens is 336 g/mol. The second-order valence-electron chi connectivity index (χ2n) is 5.96. The van der Waals surface area contributed by atoms with Gasteiger partial charge in [0.2, 0.25) is 0 Å². The molecule has 25 heavy (non-hydrogen) atoms. The van der Waals surface area contributed by atoms with Crippen molar-refractivity contribution < 1.29 is 13.2 Å².